The molecular formula is C27H34N2O4Si. The van der Waals surface area contributed by atoms with E-state index in [2.05, 4.69) is 52.1 Å². The number of rotatable bonds is 6. The van der Waals surface area contributed by atoms with Gasteiger partial charge in [-0.15, -0.1) is 0 Å². The Balaban J connectivity index is 2.14. The molecule has 34 heavy (non-hydrogen) atoms. The number of aryl methyl sites for hydroxylation is 1. The molecule has 1 heterocycles. The lowest BCUT2D eigenvalue weighted by Gasteiger charge is -2.37. The molecule has 0 aliphatic rings. The second-order valence-corrected chi connectivity index (χ2v) is 14.8. The van der Waals surface area contributed by atoms with Gasteiger partial charge in [0.2, 0.25) is 5.75 Å². The number of hydrogen-bond donors (Lipinski definition) is 0. The molecular weight excluding hydrogens is 444 g/mol. The van der Waals surface area contributed by atoms with Crippen LogP contribution in [0.1, 0.15) is 20.8 Å². The van der Waals surface area contributed by atoms with Gasteiger partial charge in [-0.3, -0.25) is 0 Å². The summed E-state index contributed by atoms with van der Waals surface area (Å²) in [4.78, 5) is 4.76. The van der Waals surface area contributed by atoms with E-state index < -0.39 is 8.32 Å². The number of ether oxygens (including phenoxy) is 3. The van der Waals surface area contributed by atoms with Crippen molar-refractivity contribution in [2.75, 3.05) is 21.3 Å². The second kappa shape index (κ2) is 8.54. The van der Waals surface area contributed by atoms with Crippen LogP contribution in [0.15, 0.2) is 42.7 Å². The third-order valence-corrected chi connectivity index (χ3v) is 11.3. The lowest BCUT2D eigenvalue weighted by molar-refractivity contribution is 0.342. The van der Waals surface area contributed by atoms with Crippen LogP contribution >= 0.6 is 0 Å². The van der Waals surface area contributed by atoms with E-state index in [1.807, 2.05) is 36.1 Å². The summed E-state index contributed by atoms with van der Waals surface area (Å²) < 4.78 is 26.0. The Morgan fingerprint density at radius 1 is 0.853 bits per heavy atom. The van der Waals surface area contributed by atoms with E-state index in [9.17, 15) is 0 Å². The number of methoxy groups -OCH3 is 3. The van der Waals surface area contributed by atoms with E-state index in [0.717, 1.165) is 44.4 Å². The highest BCUT2D eigenvalue weighted by molar-refractivity contribution is 6.74. The quantitative estimate of drug-likeness (QED) is 0.285. The van der Waals surface area contributed by atoms with Gasteiger partial charge in [0.15, 0.2) is 11.5 Å². The topological polar surface area (TPSA) is 54.7 Å². The molecule has 0 radical (unpaired) electrons. The lowest BCUT2D eigenvalue weighted by Crippen LogP contribution is -2.44. The van der Waals surface area contributed by atoms with Crippen LogP contribution < -0.4 is 18.6 Å². The third kappa shape index (κ3) is 3.88. The van der Waals surface area contributed by atoms with Gasteiger partial charge in [-0.2, -0.15) is 0 Å². The Hall–Kier alpha value is -3.19. The molecule has 0 spiro atoms. The summed E-state index contributed by atoms with van der Waals surface area (Å²) in [5.41, 5.74) is 4.01. The zero-order valence-corrected chi connectivity index (χ0v) is 22.6. The molecule has 0 saturated heterocycles. The molecule has 0 fully saturated rings. The van der Waals surface area contributed by atoms with Crippen LogP contribution in [-0.2, 0) is 7.05 Å². The van der Waals surface area contributed by atoms with Crippen molar-refractivity contribution in [2.24, 2.45) is 7.05 Å². The second-order valence-electron chi connectivity index (χ2n) is 10.1. The molecule has 0 N–H and O–H groups in total. The third-order valence-electron chi connectivity index (χ3n) is 6.98. The first-order chi connectivity index (χ1) is 16.0. The van der Waals surface area contributed by atoms with Crippen molar-refractivity contribution in [1.29, 1.82) is 0 Å². The summed E-state index contributed by atoms with van der Waals surface area (Å²) in [6, 6.07) is 12.2. The van der Waals surface area contributed by atoms with Crippen molar-refractivity contribution < 1.29 is 18.6 Å². The standard InChI is InChI=1S/C27H34N2O4Si/c1-27(2,3)34(8,9)33-25-20-14-21-24(28-16-29(21)4)23(17-10-12-18(30-5)13-11-17)19(20)15-22(31-6)26(25)32-7/h10-16H,1-9H3. The van der Waals surface area contributed by atoms with E-state index >= 15 is 0 Å². The monoisotopic (exact) mass is 478 g/mol. The van der Waals surface area contributed by atoms with E-state index in [4.69, 9.17) is 23.6 Å². The summed E-state index contributed by atoms with van der Waals surface area (Å²) in [6.45, 7) is 11.2. The normalized spacial score (nSPS) is 12.3. The zero-order valence-electron chi connectivity index (χ0n) is 21.6. The molecule has 180 valence electrons. The maximum Gasteiger partial charge on any atom is 0.250 e. The van der Waals surface area contributed by atoms with Gasteiger partial charge in [-0.1, -0.05) is 32.9 Å². The van der Waals surface area contributed by atoms with Gasteiger partial charge in [0, 0.05) is 18.0 Å². The Morgan fingerprint density at radius 3 is 2.09 bits per heavy atom. The minimum atomic E-state index is -2.19. The van der Waals surface area contributed by atoms with Crippen molar-refractivity contribution >= 4 is 30.1 Å². The van der Waals surface area contributed by atoms with Crippen molar-refractivity contribution in [1.82, 2.24) is 9.55 Å². The summed E-state index contributed by atoms with van der Waals surface area (Å²) in [7, 11) is 4.81. The van der Waals surface area contributed by atoms with Crippen LogP contribution in [0, 0.1) is 0 Å². The van der Waals surface area contributed by atoms with E-state index in [0.29, 0.717) is 11.5 Å². The number of aromatic nitrogens is 2. The van der Waals surface area contributed by atoms with Crippen LogP contribution in [-0.4, -0.2) is 39.2 Å². The first kappa shape index (κ1) is 23.9. The summed E-state index contributed by atoms with van der Waals surface area (Å²) in [5, 5.41) is 2.00. The molecule has 0 amide bonds. The van der Waals surface area contributed by atoms with E-state index in [-0.39, 0.29) is 5.04 Å². The van der Waals surface area contributed by atoms with E-state index in [1.54, 1.807) is 21.3 Å². The molecule has 7 heteroatoms. The highest BCUT2D eigenvalue weighted by atomic mass is 28.4. The first-order valence-electron chi connectivity index (χ1n) is 11.4. The van der Waals surface area contributed by atoms with Gasteiger partial charge in [0.1, 0.15) is 5.75 Å². The van der Waals surface area contributed by atoms with Gasteiger partial charge < -0.3 is 23.2 Å². The zero-order chi connectivity index (χ0) is 24.8. The van der Waals surface area contributed by atoms with Crippen LogP contribution in [0.25, 0.3) is 32.9 Å². The van der Waals surface area contributed by atoms with Crippen LogP contribution in [0.2, 0.25) is 18.1 Å². The van der Waals surface area contributed by atoms with Crippen LogP contribution in [0.4, 0.5) is 0 Å². The summed E-state index contributed by atoms with van der Waals surface area (Å²) in [6.07, 6.45) is 1.85. The minimum absolute atomic E-state index is 0.0167. The van der Waals surface area contributed by atoms with Crippen molar-refractivity contribution in [2.45, 2.75) is 38.9 Å². The first-order valence-corrected chi connectivity index (χ1v) is 14.3. The van der Waals surface area contributed by atoms with Crippen molar-refractivity contribution in [3.05, 3.63) is 42.7 Å². The number of fused-ring (bicyclic) bond motifs is 2. The van der Waals surface area contributed by atoms with Crippen molar-refractivity contribution in [3.8, 4) is 34.1 Å². The maximum atomic E-state index is 6.92. The van der Waals surface area contributed by atoms with Crippen LogP contribution in [0.3, 0.4) is 0 Å². The number of imidazole rings is 1. The van der Waals surface area contributed by atoms with Gasteiger partial charge in [-0.25, -0.2) is 4.98 Å². The number of benzene rings is 3. The molecule has 0 atom stereocenters. The number of hydrogen-bond acceptors (Lipinski definition) is 5. The summed E-state index contributed by atoms with van der Waals surface area (Å²) in [5.74, 6) is 2.78. The van der Waals surface area contributed by atoms with Crippen LogP contribution in [0.5, 0.6) is 23.0 Å². The fourth-order valence-electron chi connectivity index (χ4n) is 3.95. The molecule has 6 nitrogen and oxygen atoms in total. The molecule has 4 aromatic rings. The fraction of sp³-hybridized carbons (Fsp3) is 0.370. The minimum Gasteiger partial charge on any atom is -0.541 e. The van der Waals surface area contributed by atoms with Gasteiger partial charge in [0.25, 0.3) is 8.32 Å². The van der Waals surface area contributed by atoms with Gasteiger partial charge in [-0.05, 0) is 53.3 Å². The van der Waals surface area contributed by atoms with Gasteiger partial charge in [0.05, 0.1) is 38.7 Å². The molecule has 0 bridgehead atoms. The Kier molecular flexibility index (Phi) is 6.02. The van der Waals surface area contributed by atoms with Crippen molar-refractivity contribution in [3.63, 3.8) is 0 Å². The average molecular weight is 479 g/mol. The molecule has 0 aliphatic carbocycles. The predicted molar refractivity (Wildman–Crippen MR) is 141 cm³/mol. The van der Waals surface area contributed by atoms with E-state index in [1.165, 1.54) is 0 Å². The Bertz CT molecular complexity index is 1350. The van der Waals surface area contributed by atoms with Gasteiger partial charge >= 0.3 is 0 Å². The highest BCUT2D eigenvalue weighted by Gasteiger charge is 2.40. The molecule has 3 aromatic carbocycles. The summed E-state index contributed by atoms with van der Waals surface area (Å²) >= 11 is 0. The highest BCUT2D eigenvalue weighted by Crippen LogP contribution is 2.50. The molecule has 0 saturated carbocycles. The molecule has 0 aliphatic heterocycles. The lowest BCUT2D eigenvalue weighted by atomic mass is 9.95. The largest absolute Gasteiger partial charge is 0.541 e. The molecule has 1 aromatic heterocycles. The predicted octanol–water partition coefficient (Wildman–Crippen LogP) is 6.80. The number of nitrogens with zero attached hydrogens (tertiary/aromatic N) is 2. The average Bonchev–Trinajstić information content (AvgIpc) is 3.16. The Morgan fingerprint density at radius 2 is 1.53 bits per heavy atom. The molecule has 4 rings (SSSR count). The smallest absolute Gasteiger partial charge is 0.250 e. The molecule has 0 unspecified atom stereocenters. The SMILES string of the molecule is COc1ccc(-c2c3cc(OC)c(OC)c(O[Si](C)(C)C(C)(C)C)c3cc3c2ncn3C)cc1. The maximum absolute atomic E-state index is 6.92. The fourth-order valence-corrected chi connectivity index (χ4v) is 4.97. The Labute approximate surface area is 202 Å².